The Morgan fingerprint density at radius 3 is 2.71 bits per heavy atom. The molecule has 3 saturated heterocycles. The van der Waals surface area contributed by atoms with Crippen molar-refractivity contribution in [3.05, 3.63) is 23.8 Å². The van der Waals surface area contributed by atoms with Crippen LogP contribution in [0, 0.1) is 5.92 Å². The predicted octanol–water partition coefficient (Wildman–Crippen LogP) is 2.52. The van der Waals surface area contributed by atoms with E-state index in [-0.39, 0.29) is 36.8 Å². The van der Waals surface area contributed by atoms with Crippen molar-refractivity contribution in [2.45, 2.75) is 69.0 Å². The van der Waals surface area contributed by atoms with Crippen molar-refractivity contribution < 1.29 is 28.3 Å². The number of aliphatic hydroxyl groups excluding tert-OH is 1. The predicted molar refractivity (Wildman–Crippen MR) is 127 cm³/mol. The van der Waals surface area contributed by atoms with Crippen molar-refractivity contribution >= 4 is 37.5 Å². The highest BCUT2D eigenvalue weighted by Crippen LogP contribution is 2.59. The van der Waals surface area contributed by atoms with E-state index >= 15 is 4.11 Å². The molecule has 1 spiro atoms. The van der Waals surface area contributed by atoms with Gasteiger partial charge >= 0.3 is 0 Å². The molecular formula is C24H32FN3O5Si. The van der Waals surface area contributed by atoms with E-state index in [0.717, 1.165) is 12.8 Å². The van der Waals surface area contributed by atoms with Gasteiger partial charge in [-0.2, -0.15) is 0 Å². The Kier molecular flexibility index (Phi) is 5.61. The summed E-state index contributed by atoms with van der Waals surface area (Å²) in [5.41, 5.74) is -0.0885. The first-order valence-electron chi connectivity index (χ1n) is 12.1. The summed E-state index contributed by atoms with van der Waals surface area (Å²) >= 11 is 0. The van der Waals surface area contributed by atoms with Crippen LogP contribution in [0.1, 0.15) is 38.2 Å². The molecule has 184 valence electrons. The molecule has 8 nitrogen and oxygen atoms in total. The molecule has 34 heavy (non-hydrogen) atoms. The highest BCUT2D eigenvalue weighted by Gasteiger charge is 2.65. The van der Waals surface area contributed by atoms with Crippen molar-refractivity contribution in [2.75, 3.05) is 29.9 Å². The average Bonchev–Trinajstić information content (AvgIpc) is 3.43. The van der Waals surface area contributed by atoms with Crippen LogP contribution in [-0.4, -0.2) is 68.0 Å². The second-order valence-corrected chi connectivity index (χ2v) is 14.3. The average molecular weight is 490 g/mol. The normalized spacial score (nSPS) is 32.9. The molecule has 0 unspecified atom stereocenters. The minimum atomic E-state index is -3.36. The quantitative estimate of drug-likeness (QED) is 0.376. The van der Waals surface area contributed by atoms with Crippen LogP contribution in [0.2, 0.25) is 18.6 Å². The van der Waals surface area contributed by atoms with E-state index in [1.807, 2.05) is 6.92 Å². The maximum atomic E-state index is 15.7. The summed E-state index contributed by atoms with van der Waals surface area (Å²) in [6.07, 6.45) is 1.28. The van der Waals surface area contributed by atoms with E-state index in [4.69, 9.17) is 4.74 Å². The lowest BCUT2D eigenvalue weighted by Crippen LogP contribution is -2.44. The number of hydrogen-bond acceptors (Lipinski definition) is 5. The first-order chi connectivity index (χ1) is 16.1. The molecule has 3 amide bonds. The first-order valence-corrected chi connectivity index (χ1v) is 15.1. The number of rotatable bonds is 5. The van der Waals surface area contributed by atoms with Crippen LogP contribution in [0.5, 0.6) is 0 Å². The maximum Gasteiger partial charge on any atom is 0.261 e. The highest BCUT2D eigenvalue weighted by atomic mass is 28.4. The van der Waals surface area contributed by atoms with Gasteiger partial charge in [0.25, 0.3) is 5.91 Å². The Morgan fingerprint density at radius 1 is 1.32 bits per heavy atom. The van der Waals surface area contributed by atoms with Crippen molar-refractivity contribution in [2.24, 2.45) is 5.92 Å². The second kappa shape index (κ2) is 8.13. The minimum Gasteiger partial charge on any atom is -0.394 e. The number of ether oxygens (including phenoxy) is 1. The fraction of sp³-hybridized carbons (Fsp3) is 0.625. The molecule has 10 heteroatoms. The van der Waals surface area contributed by atoms with Crippen molar-refractivity contribution in [1.82, 2.24) is 4.90 Å². The van der Waals surface area contributed by atoms with E-state index in [0.29, 0.717) is 36.4 Å². The Hall–Kier alpha value is -2.30. The first kappa shape index (κ1) is 23.4. The molecule has 2 N–H and O–H groups in total. The van der Waals surface area contributed by atoms with Gasteiger partial charge in [-0.05, 0) is 44.1 Å². The van der Waals surface area contributed by atoms with Gasteiger partial charge in [-0.3, -0.25) is 14.4 Å². The van der Waals surface area contributed by atoms with Gasteiger partial charge in [0.1, 0.15) is 0 Å². The summed E-state index contributed by atoms with van der Waals surface area (Å²) in [4.78, 5) is 41.9. The number of likely N-dealkylation sites (tertiary alicyclic amines) is 1. The monoisotopic (exact) mass is 489 g/mol. The zero-order chi connectivity index (χ0) is 24.4. The zero-order valence-electron chi connectivity index (χ0n) is 19.8. The molecule has 1 aromatic rings. The SMILES string of the molecule is C[C@H]1[C@H]([Si](C)(C)F)[C@@H](CC(=O)N2CCC[C@H]2CO)O[C@]12C(=O)Nc1ccc(N3CCC3=O)cc12. The van der Waals surface area contributed by atoms with E-state index in [2.05, 4.69) is 5.32 Å². The van der Waals surface area contributed by atoms with Crippen molar-refractivity contribution in [3.63, 3.8) is 0 Å². The summed E-state index contributed by atoms with van der Waals surface area (Å²) < 4.78 is 22.2. The van der Waals surface area contributed by atoms with Crippen LogP contribution in [0.25, 0.3) is 0 Å². The molecule has 5 atom stereocenters. The van der Waals surface area contributed by atoms with Gasteiger partial charge in [-0.1, -0.05) is 6.92 Å². The molecule has 5 rings (SSSR count). The molecule has 4 aliphatic rings. The lowest BCUT2D eigenvalue weighted by atomic mass is 9.82. The number of nitrogens with zero attached hydrogens (tertiary/aromatic N) is 2. The van der Waals surface area contributed by atoms with Gasteiger partial charge in [-0.15, -0.1) is 0 Å². The largest absolute Gasteiger partial charge is 0.394 e. The maximum absolute atomic E-state index is 15.7. The third-order valence-corrected chi connectivity index (χ3v) is 10.6. The van der Waals surface area contributed by atoms with Crippen LogP contribution >= 0.6 is 0 Å². The van der Waals surface area contributed by atoms with Gasteiger partial charge in [0.2, 0.25) is 20.2 Å². The zero-order valence-corrected chi connectivity index (χ0v) is 20.8. The summed E-state index contributed by atoms with van der Waals surface area (Å²) in [6, 6.07) is 5.14. The number of amides is 3. The Labute approximate surface area is 199 Å². The number of carbonyl (C=O) groups excluding carboxylic acids is 3. The van der Waals surface area contributed by atoms with Crippen molar-refractivity contribution in [3.8, 4) is 0 Å². The smallest absolute Gasteiger partial charge is 0.261 e. The van der Waals surface area contributed by atoms with E-state index < -0.39 is 31.6 Å². The van der Waals surface area contributed by atoms with E-state index in [1.54, 1.807) is 41.1 Å². The standard InChI is InChI=1S/C24H32FN3O5Si/c1-14-22(34(2,3)25)19(12-21(31)27-9-4-5-16(27)13-29)33-24(14)17-11-15(28-10-8-20(28)30)6-7-18(17)26-23(24)32/h6-7,11,14,16,19,22,29H,4-5,8-10,12-13H2,1-3H3,(H,26,32)/t14-,16-,19+,22-,24+/m0/s1. The topological polar surface area (TPSA) is 99.2 Å². The molecule has 3 fully saturated rings. The van der Waals surface area contributed by atoms with Gasteiger partial charge in [0, 0.05) is 47.9 Å². The number of β-lactam (4-membered cyclic amide) rings is 1. The number of halogens is 1. The van der Waals surface area contributed by atoms with Crippen molar-refractivity contribution in [1.29, 1.82) is 0 Å². The number of carbonyl (C=O) groups is 3. The van der Waals surface area contributed by atoms with Crippen LogP contribution in [-0.2, 0) is 24.7 Å². The third-order valence-electron chi connectivity index (χ3n) is 8.15. The molecule has 0 aromatic heterocycles. The number of aliphatic hydroxyl groups is 1. The van der Waals surface area contributed by atoms with Gasteiger partial charge in [0.15, 0.2) is 5.60 Å². The van der Waals surface area contributed by atoms with E-state index in [1.165, 1.54) is 0 Å². The molecule has 4 heterocycles. The fourth-order valence-corrected chi connectivity index (χ4v) is 8.95. The Morgan fingerprint density at radius 2 is 2.09 bits per heavy atom. The van der Waals surface area contributed by atoms with Gasteiger partial charge < -0.3 is 29.1 Å². The van der Waals surface area contributed by atoms with Crippen LogP contribution in [0.3, 0.4) is 0 Å². The lowest BCUT2D eigenvalue weighted by molar-refractivity contribution is -0.148. The van der Waals surface area contributed by atoms with Gasteiger partial charge in [-0.25, -0.2) is 0 Å². The molecule has 0 bridgehead atoms. The molecule has 0 aliphatic carbocycles. The highest BCUT2D eigenvalue weighted by molar-refractivity contribution is 6.72. The molecule has 1 aromatic carbocycles. The fourth-order valence-electron chi connectivity index (χ4n) is 6.45. The van der Waals surface area contributed by atoms with Crippen LogP contribution in [0.15, 0.2) is 18.2 Å². The summed E-state index contributed by atoms with van der Waals surface area (Å²) in [6.45, 7) is 6.13. The molecular weight excluding hydrogens is 457 g/mol. The summed E-state index contributed by atoms with van der Waals surface area (Å²) in [5, 5.41) is 12.5. The van der Waals surface area contributed by atoms with Gasteiger partial charge in [0.05, 0.1) is 25.2 Å². The summed E-state index contributed by atoms with van der Waals surface area (Å²) in [7, 11) is -3.36. The van der Waals surface area contributed by atoms with E-state index in [9.17, 15) is 19.5 Å². The lowest BCUT2D eigenvalue weighted by Gasteiger charge is -2.33. The number of nitrogens with one attached hydrogen (secondary N) is 1. The molecule has 0 saturated carbocycles. The second-order valence-electron chi connectivity index (χ2n) is 10.5. The number of fused-ring (bicyclic) bond motifs is 2. The number of hydrogen-bond donors (Lipinski definition) is 2. The summed E-state index contributed by atoms with van der Waals surface area (Å²) in [5.74, 6) is -0.996. The Balaban J connectivity index is 1.50. The number of anilines is 2. The minimum absolute atomic E-state index is 0.0226. The number of benzene rings is 1. The third kappa shape index (κ3) is 3.41. The van der Waals surface area contributed by atoms with Crippen LogP contribution < -0.4 is 10.2 Å². The molecule has 4 aliphatic heterocycles. The molecule has 0 radical (unpaired) electrons. The van der Waals surface area contributed by atoms with Crippen LogP contribution in [0.4, 0.5) is 15.5 Å². The Bertz CT molecular complexity index is 1050.